The summed E-state index contributed by atoms with van der Waals surface area (Å²) in [6.45, 7) is 14.0. The Kier molecular flexibility index (Phi) is 12.0. The maximum absolute atomic E-state index is 12.5. The Morgan fingerprint density at radius 3 is 2.66 bits per heavy atom. The number of aryl methyl sites for hydroxylation is 2. The number of aromatic nitrogens is 3. The largest absolute Gasteiger partial charge is 0.379 e. The van der Waals surface area contributed by atoms with Crippen LogP contribution < -0.4 is 16.3 Å². The minimum Gasteiger partial charge on any atom is -0.379 e. The van der Waals surface area contributed by atoms with Crippen LogP contribution >= 0.6 is 24.0 Å². The van der Waals surface area contributed by atoms with Crippen LogP contribution in [-0.2, 0) is 24.2 Å². The lowest BCUT2D eigenvalue weighted by molar-refractivity contribution is 0.0143. The Labute approximate surface area is 209 Å². The Morgan fingerprint density at radius 1 is 1.19 bits per heavy atom. The molecule has 9 nitrogen and oxygen atoms in total. The van der Waals surface area contributed by atoms with Crippen LogP contribution in [0, 0.1) is 5.92 Å². The Morgan fingerprint density at radius 2 is 1.97 bits per heavy atom. The van der Waals surface area contributed by atoms with Gasteiger partial charge in [-0.1, -0.05) is 13.8 Å². The normalized spacial score (nSPS) is 18.2. The van der Waals surface area contributed by atoms with Gasteiger partial charge in [0, 0.05) is 51.7 Å². The highest BCUT2D eigenvalue weighted by atomic mass is 127. The zero-order chi connectivity index (χ0) is 22.1. The number of rotatable bonds is 10. The molecule has 0 aliphatic carbocycles. The zero-order valence-electron chi connectivity index (χ0n) is 20.0. The van der Waals surface area contributed by atoms with Crippen LogP contribution in [-0.4, -0.2) is 77.2 Å². The fourth-order valence-electron chi connectivity index (χ4n) is 4.39. The molecule has 2 aliphatic heterocycles. The van der Waals surface area contributed by atoms with E-state index < -0.39 is 0 Å². The van der Waals surface area contributed by atoms with E-state index >= 15 is 0 Å². The molecule has 3 heterocycles. The summed E-state index contributed by atoms with van der Waals surface area (Å²) >= 11 is 0. The predicted octanol–water partition coefficient (Wildman–Crippen LogP) is 1.69. The Bertz CT molecular complexity index is 756. The monoisotopic (exact) mass is 563 g/mol. The van der Waals surface area contributed by atoms with Crippen LogP contribution in [0.5, 0.6) is 0 Å². The van der Waals surface area contributed by atoms with Crippen molar-refractivity contribution in [1.29, 1.82) is 0 Å². The second-order valence-corrected chi connectivity index (χ2v) is 8.96. The first-order chi connectivity index (χ1) is 15.1. The topological polar surface area (TPSA) is 88.7 Å². The van der Waals surface area contributed by atoms with E-state index in [9.17, 15) is 4.79 Å². The number of guanidine groups is 1. The third-order valence-corrected chi connectivity index (χ3v) is 5.98. The highest BCUT2D eigenvalue weighted by Gasteiger charge is 2.22. The first kappa shape index (κ1) is 27.1. The summed E-state index contributed by atoms with van der Waals surface area (Å²) < 4.78 is 8.99. The highest BCUT2D eigenvalue weighted by molar-refractivity contribution is 14.0. The van der Waals surface area contributed by atoms with Gasteiger partial charge in [-0.15, -0.1) is 24.0 Å². The summed E-state index contributed by atoms with van der Waals surface area (Å²) in [5, 5.41) is 11.3. The molecule has 0 amide bonds. The summed E-state index contributed by atoms with van der Waals surface area (Å²) in [7, 11) is 0. The molecule has 1 aromatic rings. The van der Waals surface area contributed by atoms with E-state index in [0.29, 0.717) is 18.5 Å². The smallest absolute Gasteiger partial charge is 0.345 e. The molecule has 2 N–H and O–H groups in total. The molecule has 32 heavy (non-hydrogen) atoms. The third kappa shape index (κ3) is 8.02. The van der Waals surface area contributed by atoms with Crippen LogP contribution in [0.2, 0.25) is 0 Å². The van der Waals surface area contributed by atoms with Crippen LogP contribution in [0.4, 0.5) is 0 Å². The molecule has 0 spiro atoms. The molecule has 184 valence electrons. The standard InChI is InChI=1S/C22H41N7O2.HI/c1-4-23-21(25-17-19(16-18(2)3)27-12-14-31-15-13-27)24-9-7-11-29-22(30)28-10-6-5-8-20(28)26-29;/h18-19H,4-17H2,1-3H3,(H2,23,24,25);1H. The SMILES string of the molecule is CCNC(=NCC(CC(C)C)N1CCOCC1)NCCCn1nc2n(c1=O)CCCC2.I. The molecule has 0 saturated carbocycles. The van der Waals surface area contributed by atoms with Crippen molar-refractivity contribution in [1.82, 2.24) is 29.9 Å². The molecule has 3 rings (SSSR count). The molecule has 1 aromatic heterocycles. The second-order valence-electron chi connectivity index (χ2n) is 8.96. The second kappa shape index (κ2) is 14.2. The molecule has 1 unspecified atom stereocenters. The highest BCUT2D eigenvalue weighted by Crippen LogP contribution is 2.14. The van der Waals surface area contributed by atoms with Crippen molar-refractivity contribution in [3.8, 4) is 0 Å². The van der Waals surface area contributed by atoms with E-state index in [2.05, 4.69) is 41.4 Å². The molecule has 2 aliphatic rings. The van der Waals surface area contributed by atoms with E-state index in [1.165, 1.54) is 0 Å². The summed E-state index contributed by atoms with van der Waals surface area (Å²) in [4.78, 5) is 19.9. The van der Waals surface area contributed by atoms with Crippen molar-refractivity contribution in [2.24, 2.45) is 10.9 Å². The molecule has 1 saturated heterocycles. The van der Waals surface area contributed by atoms with E-state index in [4.69, 9.17) is 9.73 Å². The number of hydrogen-bond donors (Lipinski definition) is 2. The van der Waals surface area contributed by atoms with Crippen LogP contribution in [0.3, 0.4) is 0 Å². The lowest BCUT2D eigenvalue weighted by atomic mass is 10.0. The number of nitrogens with zero attached hydrogens (tertiary/aromatic N) is 5. The quantitative estimate of drug-likeness (QED) is 0.195. The van der Waals surface area contributed by atoms with Gasteiger partial charge in [0.05, 0.1) is 19.8 Å². The summed E-state index contributed by atoms with van der Waals surface area (Å²) in [6.07, 6.45) is 5.09. The number of fused-ring (bicyclic) bond motifs is 1. The van der Waals surface area contributed by atoms with Gasteiger partial charge in [0.1, 0.15) is 5.82 Å². The lowest BCUT2D eigenvalue weighted by Crippen LogP contribution is -2.46. The van der Waals surface area contributed by atoms with Crippen molar-refractivity contribution in [3.63, 3.8) is 0 Å². The number of morpholine rings is 1. The Hall–Kier alpha value is -1.14. The third-order valence-electron chi connectivity index (χ3n) is 5.98. The van der Waals surface area contributed by atoms with Gasteiger partial charge in [0.2, 0.25) is 0 Å². The molecule has 1 fully saturated rings. The van der Waals surface area contributed by atoms with E-state index in [1.54, 1.807) is 4.68 Å². The first-order valence-corrected chi connectivity index (χ1v) is 12.1. The zero-order valence-corrected chi connectivity index (χ0v) is 22.3. The van der Waals surface area contributed by atoms with Gasteiger partial charge in [-0.3, -0.25) is 14.5 Å². The maximum atomic E-state index is 12.5. The molecule has 0 aromatic carbocycles. The number of ether oxygens (including phenoxy) is 1. The van der Waals surface area contributed by atoms with Gasteiger partial charge in [-0.25, -0.2) is 9.48 Å². The van der Waals surface area contributed by atoms with Crippen molar-refractivity contribution in [2.45, 2.75) is 72.0 Å². The number of nitrogens with one attached hydrogen (secondary N) is 2. The van der Waals surface area contributed by atoms with E-state index in [1.807, 2.05) is 4.57 Å². The van der Waals surface area contributed by atoms with Gasteiger partial charge in [0.25, 0.3) is 0 Å². The first-order valence-electron chi connectivity index (χ1n) is 12.1. The van der Waals surface area contributed by atoms with Gasteiger partial charge < -0.3 is 15.4 Å². The summed E-state index contributed by atoms with van der Waals surface area (Å²) in [5.41, 5.74) is 0.0392. The van der Waals surface area contributed by atoms with Gasteiger partial charge in [-0.05, 0) is 38.5 Å². The molecule has 0 radical (unpaired) electrons. The molecule has 1 atom stereocenters. The molecule has 0 bridgehead atoms. The van der Waals surface area contributed by atoms with Crippen LogP contribution in [0.1, 0.15) is 52.3 Å². The van der Waals surface area contributed by atoms with Crippen molar-refractivity contribution in [2.75, 3.05) is 45.9 Å². The molecule has 10 heteroatoms. The summed E-state index contributed by atoms with van der Waals surface area (Å²) in [6, 6.07) is 0.440. The Balaban J connectivity index is 0.00000363. The fourth-order valence-corrected chi connectivity index (χ4v) is 4.39. The average Bonchev–Trinajstić information content (AvgIpc) is 3.10. The average molecular weight is 564 g/mol. The molecular formula is C22H42IN7O2. The van der Waals surface area contributed by atoms with Gasteiger partial charge in [-0.2, -0.15) is 5.10 Å². The van der Waals surface area contributed by atoms with Crippen molar-refractivity contribution >= 4 is 29.9 Å². The lowest BCUT2D eigenvalue weighted by Gasteiger charge is -2.34. The van der Waals surface area contributed by atoms with Gasteiger partial charge in [0.15, 0.2) is 5.96 Å². The summed E-state index contributed by atoms with van der Waals surface area (Å²) in [5.74, 6) is 2.43. The predicted molar refractivity (Wildman–Crippen MR) is 139 cm³/mol. The van der Waals surface area contributed by atoms with Crippen molar-refractivity contribution < 1.29 is 4.74 Å². The fraction of sp³-hybridized carbons (Fsp3) is 0.864. The minimum atomic E-state index is 0. The van der Waals surface area contributed by atoms with E-state index in [0.717, 1.165) is 96.4 Å². The van der Waals surface area contributed by atoms with Crippen molar-refractivity contribution in [3.05, 3.63) is 16.3 Å². The number of aliphatic imine (C=N–C) groups is 1. The van der Waals surface area contributed by atoms with Gasteiger partial charge >= 0.3 is 5.69 Å². The van der Waals surface area contributed by atoms with Crippen LogP contribution in [0.15, 0.2) is 9.79 Å². The molecular weight excluding hydrogens is 521 g/mol. The number of halogens is 1. The number of hydrogen-bond acceptors (Lipinski definition) is 5. The maximum Gasteiger partial charge on any atom is 0.345 e. The van der Waals surface area contributed by atoms with Crippen LogP contribution in [0.25, 0.3) is 0 Å². The minimum absolute atomic E-state index is 0. The van der Waals surface area contributed by atoms with E-state index in [-0.39, 0.29) is 29.7 Å².